The summed E-state index contributed by atoms with van der Waals surface area (Å²) in [6.45, 7) is 3.44. The van der Waals surface area contributed by atoms with Crippen molar-refractivity contribution in [2.75, 3.05) is 26.4 Å². The summed E-state index contributed by atoms with van der Waals surface area (Å²) in [5.74, 6) is -0.578. The maximum atomic E-state index is 12.1. The molecule has 59 heavy (non-hydrogen) atoms. The van der Waals surface area contributed by atoms with E-state index in [1.54, 1.807) is 0 Å². The van der Waals surface area contributed by atoms with E-state index in [2.05, 4.69) is 86.0 Å². The smallest absolute Gasteiger partial charge is 0.463 e. The van der Waals surface area contributed by atoms with Crippen molar-refractivity contribution in [3.05, 3.63) is 72.9 Å². The van der Waals surface area contributed by atoms with Crippen LogP contribution < -0.4 is 5.32 Å². The molecule has 10 heteroatoms. The molecule has 0 aliphatic rings. The average Bonchev–Trinajstić information content (AvgIpc) is 3.22. The molecule has 0 heterocycles. The van der Waals surface area contributed by atoms with Crippen molar-refractivity contribution < 1.29 is 37.9 Å². The maximum absolute atomic E-state index is 12.1. The Morgan fingerprint density at radius 3 is 1.41 bits per heavy atom. The predicted molar refractivity (Wildman–Crippen MR) is 247 cm³/mol. The topological polar surface area (TPSA) is 131 Å². The molecule has 0 aromatic heterocycles. The summed E-state index contributed by atoms with van der Waals surface area (Å²) < 4.78 is 26.9. The number of hydrogen-bond donors (Lipinski definition) is 3. The lowest BCUT2D eigenvalue weighted by molar-refractivity contribution is -0.147. The monoisotopic (exact) mass is 848 g/mol. The zero-order chi connectivity index (χ0) is 43.2. The number of phosphoric acid groups is 1. The van der Waals surface area contributed by atoms with Gasteiger partial charge in [-0.1, -0.05) is 170 Å². The third-order valence-electron chi connectivity index (χ3n) is 9.61. The van der Waals surface area contributed by atoms with E-state index in [0.29, 0.717) is 12.8 Å². The normalized spacial score (nSPS) is 13.9. The number of hydrogen-bond acceptors (Lipinski definition) is 7. The number of rotatable bonds is 43. The molecule has 340 valence electrons. The molecule has 3 N–H and O–H groups in total. The van der Waals surface area contributed by atoms with Gasteiger partial charge < -0.3 is 20.1 Å². The number of ether oxygens (including phenoxy) is 1. The quantitative estimate of drug-likeness (QED) is 0.0239. The summed E-state index contributed by atoms with van der Waals surface area (Å²) in [5, 5.41) is 12.7. The van der Waals surface area contributed by atoms with Gasteiger partial charge in [-0.15, -0.1) is 0 Å². The fourth-order valence-corrected chi connectivity index (χ4v) is 6.81. The van der Waals surface area contributed by atoms with Crippen molar-refractivity contribution >= 4 is 19.7 Å². The molecule has 1 amide bonds. The molecule has 0 spiro atoms. The molecule has 2 atom stereocenters. The Balaban J connectivity index is 3.65. The number of aliphatic hydroxyl groups is 1. The zero-order valence-electron chi connectivity index (χ0n) is 37.4. The number of nitrogens with one attached hydrogen (secondary N) is 1. The number of amides is 1. The minimum Gasteiger partial charge on any atom is -0.463 e. The van der Waals surface area contributed by atoms with E-state index >= 15 is 0 Å². The zero-order valence-corrected chi connectivity index (χ0v) is 38.3. The molecule has 0 aromatic carbocycles. The number of esters is 1. The van der Waals surface area contributed by atoms with Crippen LogP contribution in [0.3, 0.4) is 0 Å². The van der Waals surface area contributed by atoms with E-state index in [-0.39, 0.29) is 32.1 Å². The molecule has 9 nitrogen and oxygen atoms in total. The first-order chi connectivity index (χ1) is 28.8. The fourth-order valence-electron chi connectivity index (χ4n) is 6.05. The van der Waals surface area contributed by atoms with Crippen molar-refractivity contribution in [1.29, 1.82) is 0 Å². The Labute approximate surface area is 360 Å². The molecule has 0 aliphatic carbocycles. The molecule has 0 rings (SSSR count). The third kappa shape index (κ3) is 46.4. The largest absolute Gasteiger partial charge is 0.472 e. The highest BCUT2D eigenvalue weighted by molar-refractivity contribution is 7.47. The first kappa shape index (κ1) is 56.5. The third-order valence-corrected chi connectivity index (χ3v) is 10.6. The van der Waals surface area contributed by atoms with Gasteiger partial charge in [0.05, 0.1) is 13.2 Å². The first-order valence-electron chi connectivity index (χ1n) is 23.4. The van der Waals surface area contributed by atoms with Crippen LogP contribution in [0.4, 0.5) is 0 Å². The highest BCUT2D eigenvalue weighted by Gasteiger charge is 2.23. The molecule has 0 aliphatic heterocycles. The summed E-state index contributed by atoms with van der Waals surface area (Å²) in [6, 6.07) is 0. The van der Waals surface area contributed by atoms with E-state index in [1.807, 2.05) is 6.08 Å². The van der Waals surface area contributed by atoms with E-state index < -0.39 is 26.5 Å². The minimum atomic E-state index is -4.44. The van der Waals surface area contributed by atoms with Gasteiger partial charge in [-0.25, -0.2) is 4.57 Å². The number of unbranched alkanes of at least 4 members (excludes halogenated alkanes) is 18. The first-order valence-corrected chi connectivity index (χ1v) is 24.9. The fraction of sp³-hybridized carbons (Fsp3) is 0.714. The lowest BCUT2D eigenvalue weighted by atomic mass is 10.0. The van der Waals surface area contributed by atoms with Crippen LogP contribution in [0.15, 0.2) is 72.9 Å². The van der Waals surface area contributed by atoms with Gasteiger partial charge in [0, 0.05) is 19.4 Å². The number of aliphatic hydroxyl groups excluding tert-OH is 1. The molecule has 0 saturated heterocycles. The number of phosphoric ester groups is 1. The Hall–Kier alpha value is -2.55. The van der Waals surface area contributed by atoms with Crippen LogP contribution >= 0.6 is 7.82 Å². The van der Waals surface area contributed by atoms with E-state index in [9.17, 15) is 24.2 Å². The van der Waals surface area contributed by atoms with Crippen molar-refractivity contribution in [1.82, 2.24) is 5.32 Å². The maximum Gasteiger partial charge on any atom is 0.472 e. The summed E-state index contributed by atoms with van der Waals surface area (Å²) in [5.41, 5.74) is 0. The average molecular weight is 848 g/mol. The van der Waals surface area contributed by atoms with Gasteiger partial charge in [-0.2, -0.15) is 0 Å². The minimum absolute atomic E-state index is 0.0710. The van der Waals surface area contributed by atoms with Gasteiger partial charge in [0.25, 0.3) is 0 Å². The molecule has 0 fully saturated rings. The van der Waals surface area contributed by atoms with Crippen molar-refractivity contribution in [3.63, 3.8) is 0 Å². The Morgan fingerprint density at radius 2 is 0.932 bits per heavy atom. The number of allylic oxidation sites excluding steroid dienone is 12. The highest BCUT2D eigenvalue weighted by atomic mass is 31.2. The summed E-state index contributed by atoms with van der Waals surface area (Å²) in [6.07, 6.45) is 55.5. The van der Waals surface area contributed by atoms with Crippen LogP contribution in [0, 0.1) is 0 Å². The van der Waals surface area contributed by atoms with Gasteiger partial charge in [0.15, 0.2) is 0 Å². The Kier molecular flexibility index (Phi) is 43.0. The molecule has 0 aromatic rings. The standard InChI is InChI=1S/C49H86NO8P/c1-3-5-7-9-11-13-15-17-19-21-22-23-24-26-27-29-31-33-35-37-39-41-48(52)50-43-44-57-59(54,55)58-46-47(51)45-56-49(53)42-40-38-36-34-32-30-28-25-20-18-16-14-12-10-8-6-4-2/h11-14,17-20,28,30,34,36,47,51H,3-10,15-16,21-27,29,31-33,35,37-46H2,1-2H3,(H,50,52)(H,54,55)/b13-11-,14-12-,19-17-,20-18-,30-28-,36-34-. The Bertz CT molecular complexity index is 1190. The van der Waals surface area contributed by atoms with E-state index in [1.165, 1.54) is 109 Å². The second-order valence-electron chi connectivity index (χ2n) is 15.4. The van der Waals surface area contributed by atoms with Gasteiger partial charge in [-0.05, 0) is 83.5 Å². The van der Waals surface area contributed by atoms with Gasteiger partial charge in [0.1, 0.15) is 12.7 Å². The van der Waals surface area contributed by atoms with E-state index in [4.69, 9.17) is 13.8 Å². The van der Waals surface area contributed by atoms with Crippen molar-refractivity contribution in [2.24, 2.45) is 0 Å². The molecule has 0 bridgehead atoms. The van der Waals surface area contributed by atoms with Gasteiger partial charge in [0.2, 0.25) is 5.91 Å². The van der Waals surface area contributed by atoms with Crippen LogP contribution in [-0.4, -0.2) is 54.3 Å². The van der Waals surface area contributed by atoms with Crippen LogP contribution in [0.25, 0.3) is 0 Å². The molecule has 2 unspecified atom stereocenters. The highest BCUT2D eigenvalue weighted by Crippen LogP contribution is 2.42. The lowest BCUT2D eigenvalue weighted by Gasteiger charge is -2.15. The van der Waals surface area contributed by atoms with Crippen LogP contribution in [0.5, 0.6) is 0 Å². The second-order valence-corrected chi connectivity index (χ2v) is 16.8. The SMILES string of the molecule is CCCCC/C=C\C/C=C\C/C=C\C/C=C\CCCC(=O)OCC(O)COP(=O)(O)OCCNC(=O)CCCCCCCCCCCCC/C=C\C/C=C\CCCCC. The second kappa shape index (κ2) is 45.0. The molecular formula is C49H86NO8P. The summed E-state index contributed by atoms with van der Waals surface area (Å²) in [4.78, 5) is 34.0. The molecule has 0 radical (unpaired) electrons. The van der Waals surface area contributed by atoms with Crippen molar-refractivity contribution in [2.45, 2.75) is 200 Å². The van der Waals surface area contributed by atoms with E-state index in [0.717, 1.165) is 51.4 Å². The number of carbonyl (C=O) groups is 2. The van der Waals surface area contributed by atoms with Crippen LogP contribution in [0.1, 0.15) is 194 Å². The van der Waals surface area contributed by atoms with Gasteiger partial charge in [-0.3, -0.25) is 18.6 Å². The van der Waals surface area contributed by atoms with Gasteiger partial charge >= 0.3 is 13.8 Å². The predicted octanol–water partition coefficient (Wildman–Crippen LogP) is 13.4. The number of carbonyl (C=O) groups excluding carboxylic acids is 2. The van der Waals surface area contributed by atoms with Crippen LogP contribution in [0.2, 0.25) is 0 Å². The molecular weight excluding hydrogens is 762 g/mol. The summed E-state index contributed by atoms with van der Waals surface area (Å²) in [7, 11) is -4.44. The molecule has 0 saturated carbocycles. The summed E-state index contributed by atoms with van der Waals surface area (Å²) >= 11 is 0. The Morgan fingerprint density at radius 1 is 0.525 bits per heavy atom. The lowest BCUT2D eigenvalue weighted by Crippen LogP contribution is -2.27. The van der Waals surface area contributed by atoms with Crippen LogP contribution in [-0.2, 0) is 27.9 Å². The van der Waals surface area contributed by atoms with Crippen molar-refractivity contribution in [3.8, 4) is 0 Å².